The molecule has 0 bridgehead atoms. The van der Waals surface area contributed by atoms with Crippen LogP contribution in [0.15, 0.2) is 95.0 Å². The molecule has 1 unspecified atom stereocenters. The van der Waals surface area contributed by atoms with Gasteiger partial charge in [0, 0.05) is 17.6 Å². The summed E-state index contributed by atoms with van der Waals surface area (Å²) in [6.07, 6.45) is 4.15. The second kappa shape index (κ2) is 11.7. The zero-order valence-electron chi connectivity index (χ0n) is 20.9. The number of nitrogens with zero attached hydrogens (tertiary/aromatic N) is 3. The number of aryl methyl sites for hydroxylation is 1. The molecule has 5 rings (SSSR count). The van der Waals surface area contributed by atoms with Crippen molar-refractivity contribution in [2.45, 2.75) is 35.1 Å². The predicted octanol–water partition coefficient (Wildman–Crippen LogP) is 5.15. The number of nitrogens with one attached hydrogen (secondary N) is 2. The van der Waals surface area contributed by atoms with Crippen LogP contribution >= 0.6 is 11.8 Å². The number of fused-ring (bicyclic) bond motifs is 1. The molecule has 4 aromatic rings. The fraction of sp³-hybridized carbons (Fsp3) is 0.172. The van der Waals surface area contributed by atoms with Crippen molar-refractivity contribution in [3.05, 3.63) is 107 Å². The van der Waals surface area contributed by atoms with Gasteiger partial charge in [-0.1, -0.05) is 48.2 Å². The van der Waals surface area contributed by atoms with Gasteiger partial charge in [-0.2, -0.15) is 5.26 Å². The van der Waals surface area contributed by atoms with Crippen molar-refractivity contribution in [3.8, 4) is 6.07 Å². The topological polar surface area (TPSA) is 125 Å². The summed E-state index contributed by atoms with van der Waals surface area (Å²) in [5.74, 6) is 0.405. The molecule has 0 radical (unpaired) electrons. The molecule has 8 nitrogen and oxygen atoms in total. The van der Waals surface area contributed by atoms with E-state index in [1.165, 1.54) is 47.8 Å². The van der Waals surface area contributed by atoms with Gasteiger partial charge in [0.1, 0.15) is 16.9 Å². The first-order chi connectivity index (χ1) is 18.9. The summed E-state index contributed by atoms with van der Waals surface area (Å²) in [6.45, 7) is 0. The summed E-state index contributed by atoms with van der Waals surface area (Å²) >= 11 is 1.22. The minimum absolute atomic E-state index is 0.0481. The number of hydrogen-bond acceptors (Lipinski definition) is 7. The summed E-state index contributed by atoms with van der Waals surface area (Å²) in [7, 11) is -3.81. The van der Waals surface area contributed by atoms with Gasteiger partial charge in [0.2, 0.25) is 5.91 Å². The summed E-state index contributed by atoms with van der Waals surface area (Å²) < 4.78 is 27.6. The van der Waals surface area contributed by atoms with Gasteiger partial charge < -0.3 is 5.32 Å². The van der Waals surface area contributed by atoms with E-state index in [1.54, 1.807) is 18.2 Å². The lowest BCUT2D eigenvalue weighted by molar-refractivity contribution is -0.113. The summed E-state index contributed by atoms with van der Waals surface area (Å²) in [4.78, 5) is 21.4. The van der Waals surface area contributed by atoms with Gasteiger partial charge in [0.25, 0.3) is 10.0 Å². The summed E-state index contributed by atoms with van der Waals surface area (Å²) in [5.41, 5.74) is 4.30. The maximum Gasteiger partial charge on any atom is 0.263 e. The van der Waals surface area contributed by atoms with E-state index in [9.17, 15) is 18.5 Å². The second-order valence-corrected chi connectivity index (χ2v) is 11.7. The minimum atomic E-state index is -3.81. The number of sulfonamides is 1. The highest BCUT2D eigenvalue weighted by molar-refractivity contribution is 8.00. The SMILES string of the molecule is N#Cc1cc2c(nc1SCC(=O)Nc1ccc(S(=O)(=O)Nc3ccccn3)cc1)CCC(c1ccccc1)C2. The number of rotatable bonds is 8. The quantitative estimate of drug-likeness (QED) is 0.288. The summed E-state index contributed by atoms with van der Waals surface area (Å²) in [6, 6.07) is 25.3. The van der Waals surface area contributed by atoms with Gasteiger partial charge in [-0.15, -0.1) is 0 Å². The number of amides is 1. The predicted molar refractivity (Wildman–Crippen MR) is 151 cm³/mol. The molecule has 1 amide bonds. The largest absolute Gasteiger partial charge is 0.325 e. The van der Waals surface area contributed by atoms with E-state index in [1.807, 2.05) is 24.3 Å². The van der Waals surface area contributed by atoms with Crippen LogP contribution in [0.5, 0.6) is 0 Å². The first-order valence-electron chi connectivity index (χ1n) is 12.4. The Labute approximate surface area is 231 Å². The zero-order chi connectivity index (χ0) is 27.2. The van der Waals surface area contributed by atoms with Gasteiger partial charge in [-0.05, 0) is 78.8 Å². The third kappa shape index (κ3) is 6.45. The third-order valence-corrected chi connectivity index (χ3v) is 8.80. The van der Waals surface area contributed by atoms with Crippen molar-refractivity contribution in [2.24, 2.45) is 0 Å². The van der Waals surface area contributed by atoms with Crippen LogP contribution in [0.3, 0.4) is 0 Å². The molecule has 0 spiro atoms. The number of hydrogen-bond donors (Lipinski definition) is 2. The molecule has 1 aliphatic carbocycles. The van der Waals surface area contributed by atoms with Crippen LogP contribution in [0.4, 0.5) is 11.5 Å². The van der Waals surface area contributed by atoms with E-state index in [0.717, 1.165) is 30.5 Å². The Kier molecular flexibility index (Phi) is 7.91. The van der Waals surface area contributed by atoms with Crippen LogP contribution in [0.2, 0.25) is 0 Å². The number of benzene rings is 2. The Balaban J connectivity index is 1.20. The maximum atomic E-state index is 12.6. The van der Waals surface area contributed by atoms with Gasteiger partial charge in [0.05, 0.1) is 16.2 Å². The van der Waals surface area contributed by atoms with Gasteiger partial charge in [-0.3, -0.25) is 9.52 Å². The lowest BCUT2D eigenvalue weighted by Crippen LogP contribution is -2.17. The number of thioether (sulfide) groups is 1. The highest BCUT2D eigenvalue weighted by Crippen LogP contribution is 2.34. The molecule has 0 saturated carbocycles. The Morgan fingerprint density at radius 2 is 1.82 bits per heavy atom. The summed E-state index contributed by atoms with van der Waals surface area (Å²) in [5, 5.41) is 13.0. The number of nitriles is 1. The Morgan fingerprint density at radius 3 is 2.54 bits per heavy atom. The Bertz CT molecular complexity index is 1620. The number of anilines is 2. The van der Waals surface area contributed by atoms with Crippen molar-refractivity contribution in [3.63, 3.8) is 0 Å². The van der Waals surface area contributed by atoms with Crippen molar-refractivity contribution < 1.29 is 13.2 Å². The molecule has 39 heavy (non-hydrogen) atoms. The van der Waals surface area contributed by atoms with Crippen molar-refractivity contribution in [2.75, 3.05) is 15.8 Å². The zero-order valence-corrected chi connectivity index (χ0v) is 22.5. The molecule has 2 aromatic heterocycles. The molecule has 0 fully saturated rings. The molecule has 2 heterocycles. The number of aromatic nitrogens is 2. The van der Waals surface area contributed by atoms with Crippen molar-refractivity contribution >= 4 is 39.2 Å². The highest BCUT2D eigenvalue weighted by atomic mass is 32.2. The standard InChI is InChI=1S/C29H25N5O3S2/c30-18-23-17-22-16-21(20-6-2-1-3-7-20)9-14-26(22)33-29(23)38-19-28(35)32-24-10-12-25(13-11-24)39(36,37)34-27-8-4-5-15-31-27/h1-8,10-13,15,17,21H,9,14,16,19H2,(H,31,34)(H,32,35). The monoisotopic (exact) mass is 555 g/mol. The molecular weight excluding hydrogens is 530 g/mol. The molecular formula is C29H25N5O3S2. The van der Waals surface area contributed by atoms with Crippen LogP contribution in [-0.2, 0) is 27.7 Å². The van der Waals surface area contributed by atoms with Crippen molar-refractivity contribution in [1.82, 2.24) is 9.97 Å². The van der Waals surface area contributed by atoms with Gasteiger partial charge >= 0.3 is 0 Å². The van der Waals surface area contributed by atoms with Crippen LogP contribution in [-0.4, -0.2) is 30.0 Å². The normalized spacial score (nSPS) is 14.6. The first-order valence-corrected chi connectivity index (χ1v) is 14.8. The van der Waals surface area contributed by atoms with E-state index in [2.05, 4.69) is 33.2 Å². The van der Waals surface area contributed by atoms with Crippen LogP contribution in [0, 0.1) is 11.3 Å². The molecule has 2 N–H and O–H groups in total. The van der Waals surface area contributed by atoms with E-state index in [0.29, 0.717) is 22.2 Å². The molecule has 2 aromatic carbocycles. The first kappa shape index (κ1) is 26.4. The molecule has 1 aliphatic rings. The lowest BCUT2D eigenvalue weighted by Gasteiger charge is -2.25. The average Bonchev–Trinajstić information content (AvgIpc) is 2.96. The van der Waals surface area contributed by atoms with E-state index < -0.39 is 10.0 Å². The molecule has 0 aliphatic heterocycles. The van der Waals surface area contributed by atoms with E-state index >= 15 is 0 Å². The molecule has 1 atom stereocenters. The highest BCUT2D eigenvalue weighted by Gasteiger charge is 2.23. The van der Waals surface area contributed by atoms with Crippen LogP contribution in [0.1, 0.15) is 34.7 Å². The Hall–Kier alpha value is -4.20. The third-order valence-electron chi connectivity index (χ3n) is 6.44. The van der Waals surface area contributed by atoms with Crippen molar-refractivity contribution in [1.29, 1.82) is 5.26 Å². The fourth-order valence-electron chi connectivity index (χ4n) is 4.51. The fourth-order valence-corrected chi connectivity index (χ4v) is 6.30. The van der Waals surface area contributed by atoms with Crippen LogP contribution in [0.25, 0.3) is 0 Å². The second-order valence-electron chi connectivity index (χ2n) is 9.09. The van der Waals surface area contributed by atoms with Crippen LogP contribution < -0.4 is 10.0 Å². The number of carbonyl (C=O) groups is 1. The van der Waals surface area contributed by atoms with Gasteiger partial charge in [-0.25, -0.2) is 18.4 Å². The minimum Gasteiger partial charge on any atom is -0.325 e. The number of carbonyl (C=O) groups excluding carboxylic acids is 1. The van der Waals surface area contributed by atoms with Gasteiger partial charge in [0.15, 0.2) is 0 Å². The smallest absolute Gasteiger partial charge is 0.263 e. The van der Waals surface area contributed by atoms with E-state index in [4.69, 9.17) is 4.98 Å². The van der Waals surface area contributed by atoms with E-state index in [-0.39, 0.29) is 22.4 Å². The number of pyridine rings is 2. The molecule has 10 heteroatoms. The molecule has 196 valence electrons. The molecule has 0 saturated heterocycles. The maximum absolute atomic E-state index is 12.6. The average molecular weight is 556 g/mol. The lowest BCUT2D eigenvalue weighted by atomic mass is 9.82. The Morgan fingerprint density at radius 1 is 1.05 bits per heavy atom.